The Morgan fingerprint density at radius 2 is 1.88 bits per heavy atom. The average molecular weight is 448 g/mol. The summed E-state index contributed by atoms with van der Waals surface area (Å²) < 4.78 is 44.0. The molecular formula is C22H27F3N6O. The molecule has 1 amide bonds. The van der Waals surface area contributed by atoms with Gasteiger partial charge in [0, 0.05) is 30.8 Å². The summed E-state index contributed by atoms with van der Waals surface area (Å²) in [6.07, 6.45) is -0.732. The van der Waals surface area contributed by atoms with Gasteiger partial charge < -0.3 is 4.90 Å². The zero-order chi connectivity index (χ0) is 23.4. The molecule has 0 N–H and O–H groups in total. The number of carbonyl (C=O) groups excluding carboxylic acids is 1. The van der Waals surface area contributed by atoms with Gasteiger partial charge in [-0.25, -0.2) is 9.50 Å². The Balaban J connectivity index is 1.80. The monoisotopic (exact) mass is 448 g/mol. The van der Waals surface area contributed by atoms with Crippen LogP contribution < -0.4 is 0 Å². The Morgan fingerprint density at radius 3 is 2.47 bits per heavy atom. The lowest BCUT2D eigenvalue weighted by Gasteiger charge is -2.34. The molecule has 0 spiro atoms. The van der Waals surface area contributed by atoms with Gasteiger partial charge in [-0.1, -0.05) is 20.8 Å². The van der Waals surface area contributed by atoms with Crippen molar-refractivity contribution in [2.45, 2.75) is 64.6 Å². The van der Waals surface area contributed by atoms with E-state index in [0.717, 1.165) is 29.1 Å². The molecule has 10 heteroatoms. The highest BCUT2D eigenvalue weighted by Gasteiger charge is 2.38. The number of carbonyl (C=O) groups is 1. The lowest BCUT2D eigenvalue weighted by Crippen LogP contribution is -2.39. The van der Waals surface area contributed by atoms with Crippen LogP contribution in [0.15, 0.2) is 18.3 Å². The van der Waals surface area contributed by atoms with Gasteiger partial charge >= 0.3 is 6.18 Å². The summed E-state index contributed by atoms with van der Waals surface area (Å²) in [6, 6.07) is 2.22. The number of fused-ring (bicyclic) bond motifs is 1. The van der Waals surface area contributed by atoms with Gasteiger partial charge in [-0.2, -0.15) is 23.4 Å². The second-order valence-electron chi connectivity index (χ2n) is 9.39. The van der Waals surface area contributed by atoms with Crippen LogP contribution in [0.5, 0.6) is 0 Å². The summed E-state index contributed by atoms with van der Waals surface area (Å²) in [4.78, 5) is 19.5. The molecule has 1 aliphatic rings. The first-order chi connectivity index (χ1) is 14.9. The van der Waals surface area contributed by atoms with Gasteiger partial charge in [-0.3, -0.25) is 9.48 Å². The fourth-order valence-electron chi connectivity index (χ4n) is 4.09. The predicted molar refractivity (Wildman–Crippen MR) is 112 cm³/mol. The van der Waals surface area contributed by atoms with Gasteiger partial charge in [0.25, 0.3) is 5.91 Å². The van der Waals surface area contributed by atoms with Crippen molar-refractivity contribution in [2.24, 2.45) is 7.05 Å². The molecule has 1 aliphatic heterocycles. The average Bonchev–Trinajstić information content (AvgIpc) is 3.29. The number of aryl methyl sites for hydroxylation is 1. The number of amides is 1. The number of rotatable bonds is 2. The third-order valence-corrected chi connectivity index (χ3v) is 6.08. The molecule has 1 saturated heterocycles. The van der Waals surface area contributed by atoms with Crippen molar-refractivity contribution >= 4 is 11.6 Å². The molecule has 172 valence electrons. The molecule has 3 aromatic rings. The van der Waals surface area contributed by atoms with Gasteiger partial charge in [-0.15, -0.1) is 0 Å². The van der Waals surface area contributed by atoms with E-state index in [4.69, 9.17) is 0 Å². The van der Waals surface area contributed by atoms with Crippen LogP contribution in [0, 0.1) is 6.92 Å². The Hall–Kier alpha value is -2.91. The molecule has 0 radical (unpaired) electrons. The molecular weight excluding hydrogens is 421 g/mol. The molecule has 0 bridgehead atoms. The zero-order valence-corrected chi connectivity index (χ0v) is 18.9. The SMILES string of the molecule is Cc1c(C(=O)N2CCCCC2c2cc3nc(C(C)(C)C)cc(C(F)(F)F)n3n2)cnn1C. The summed E-state index contributed by atoms with van der Waals surface area (Å²) in [5.74, 6) is -0.184. The predicted octanol–water partition coefficient (Wildman–Crippen LogP) is 4.45. The molecule has 4 heterocycles. The summed E-state index contributed by atoms with van der Waals surface area (Å²) >= 11 is 0. The number of piperidine rings is 1. The van der Waals surface area contributed by atoms with Crippen LogP contribution in [0.2, 0.25) is 0 Å². The zero-order valence-electron chi connectivity index (χ0n) is 18.9. The molecule has 4 rings (SSSR count). The molecule has 7 nitrogen and oxygen atoms in total. The van der Waals surface area contributed by atoms with Gasteiger partial charge in [0.05, 0.1) is 29.2 Å². The first kappa shape index (κ1) is 22.3. The third-order valence-electron chi connectivity index (χ3n) is 6.08. The van der Waals surface area contributed by atoms with E-state index in [-0.39, 0.29) is 11.6 Å². The van der Waals surface area contributed by atoms with Crippen molar-refractivity contribution in [3.8, 4) is 0 Å². The maximum Gasteiger partial charge on any atom is 0.433 e. The Morgan fingerprint density at radius 1 is 1.16 bits per heavy atom. The normalized spacial score (nSPS) is 17.9. The van der Waals surface area contributed by atoms with E-state index in [9.17, 15) is 18.0 Å². The Bertz CT molecular complexity index is 1170. The van der Waals surface area contributed by atoms with Crippen LogP contribution >= 0.6 is 0 Å². The van der Waals surface area contributed by atoms with E-state index >= 15 is 0 Å². The highest BCUT2D eigenvalue weighted by molar-refractivity contribution is 5.95. The van der Waals surface area contributed by atoms with Crippen molar-refractivity contribution in [3.05, 3.63) is 46.7 Å². The topological polar surface area (TPSA) is 68.3 Å². The molecule has 1 atom stereocenters. The molecule has 32 heavy (non-hydrogen) atoms. The first-order valence-corrected chi connectivity index (χ1v) is 10.7. The van der Waals surface area contributed by atoms with Gasteiger partial charge in [0.15, 0.2) is 5.65 Å². The van der Waals surface area contributed by atoms with E-state index in [1.165, 1.54) is 6.20 Å². The number of likely N-dealkylation sites (tertiary alicyclic amines) is 1. The van der Waals surface area contributed by atoms with Crippen LogP contribution in [-0.2, 0) is 18.6 Å². The minimum absolute atomic E-state index is 0.135. The Labute approximate surface area is 184 Å². The lowest BCUT2D eigenvalue weighted by molar-refractivity contribution is -0.142. The summed E-state index contributed by atoms with van der Waals surface area (Å²) in [5.41, 5.74) is 0.704. The van der Waals surface area contributed by atoms with Crippen molar-refractivity contribution in [1.29, 1.82) is 0 Å². The minimum atomic E-state index is -4.58. The fraction of sp³-hybridized carbons (Fsp3) is 0.545. The second kappa shape index (κ2) is 7.60. The van der Waals surface area contributed by atoms with E-state index in [1.54, 1.807) is 22.7 Å². The number of alkyl halides is 3. The molecule has 1 unspecified atom stereocenters. The van der Waals surface area contributed by atoms with Gasteiger partial charge in [-0.05, 0) is 32.3 Å². The third kappa shape index (κ3) is 3.86. The quantitative estimate of drug-likeness (QED) is 0.581. The Kier molecular flexibility index (Phi) is 5.29. The molecule has 3 aromatic heterocycles. The van der Waals surface area contributed by atoms with E-state index < -0.39 is 23.3 Å². The van der Waals surface area contributed by atoms with Crippen molar-refractivity contribution in [1.82, 2.24) is 29.3 Å². The van der Waals surface area contributed by atoms with Crippen molar-refractivity contribution in [2.75, 3.05) is 6.54 Å². The first-order valence-electron chi connectivity index (χ1n) is 10.7. The van der Waals surface area contributed by atoms with Gasteiger partial charge in [0.2, 0.25) is 0 Å². The summed E-state index contributed by atoms with van der Waals surface area (Å²) in [7, 11) is 1.76. The van der Waals surface area contributed by atoms with Crippen LogP contribution in [0.25, 0.3) is 5.65 Å². The van der Waals surface area contributed by atoms with Crippen LogP contribution in [0.3, 0.4) is 0 Å². The van der Waals surface area contributed by atoms with E-state index in [1.807, 2.05) is 27.7 Å². The van der Waals surface area contributed by atoms with Crippen LogP contribution in [0.1, 0.15) is 79.2 Å². The fourth-order valence-corrected chi connectivity index (χ4v) is 4.09. The maximum atomic E-state index is 13.8. The van der Waals surface area contributed by atoms with Gasteiger partial charge in [0.1, 0.15) is 5.69 Å². The standard InChI is InChI=1S/C22H27F3N6O/c1-13-14(12-26-29(13)5)20(32)30-9-7-6-8-16(30)15-10-19-27-17(21(2,3)4)11-18(22(23,24)25)31(19)28-15/h10-12,16H,6-9H2,1-5H3. The van der Waals surface area contributed by atoms with E-state index in [0.29, 0.717) is 29.9 Å². The smallest absolute Gasteiger partial charge is 0.330 e. The number of aromatic nitrogens is 5. The van der Waals surface area contributed by atoms with Crippen LogP contribution in [-0.4, -0.2) is 41.7 Å². The van der Waals surface area contributed by atoms with Crippen LogP contribution in [0.4, 0.5) is 13.2 Å². The number of nitrogens with zero attached hydrogens (tertiary/aromatic N) is 6. The van der Waals surface area contributed by atoms with E-state index in [2.05, 4.69) is 15.2 Å². The number of hydrogen-bond acceptors (Lipinski definition) is 4. The van der Waals surface area contributed by atoms with Crippen molar-refractivity contribution < 1.29 is 18.0 Å². The van der Waals surface area contributed by atoms with Crippen molar-refractivity contribution in [3.63, 3.8) is 0 Å². The second-order valence-corrected chi connectivity index (χ2v) is 9.39. The highest BCUT2D eigenvalue weighted by atomic mass is 19.4. The number of halogens is 3. The molecule has 0 aromatic carbocycles. The highest BCUT2D eigenvalue weighted by Crippen LogP contribution is 2.36. The maximum absolute atomic E-state index is 13.8. The number of hydrogen-bond donors (Lipinski definition) is 0. The summed E-state index contributed by atoms with van der Waals surface area (Å²) in [6.45, 7) is 7.79. The molecule has 1 fully saturated rings. The molecule has 0 saturated carbocycles. The largest absolute Gasteiger partial charge is 0.433 e. The minimum Gasteiger partial charge on any atom is -0.330 e. The lowest BCUT2D eigenvalue weighted by atomic mass is 9.91. The summed E-state index contributed by atoms with van der Waals surface area (Å²) in [5, 5.41) is 8.45. The molecule has 0 aliphatic carbocycles.